The maximum absolute atomic E-state index is 6.06. The van der Waals surface area contributed by atoms with E-state index in [9.17, 15) is 0 Å². The highest BCUT2D eigenvalue weighted by atomic mass is 35.5. The van der Waals surface area contributed by atoms with Crippen molar-refractivity contribution >= 4 is 28.6 Å². The van der Waals surface area contributed by atoms with Gasteiger partial charge in [-0.1, -0.05) is 13.8 Å². The smallest absolute Gasteiger partial charge is 0.226 e. The fourth-order valence-corrected chi connectivity index (χ4v) is 2.60. The molecule has 0 atom stereocenters. The molecule has 116 valence electrons. The maximum Gasteiger partial charge on any atom is 0.226 e. The van der Waals surface area contributed by atoms with Crippen molar-refractivity contribution in [1.82, 2.24) is 19.5 Å². The van der Waals surface area contributed by atoms with Gasteiger partial charge in [0.15, 0.2) is 17.0 Å². The first-order valence-electron chi connectivity index (χ1n) is 7.43. The number of ether oxygens (including phenoxy) is 1. The van der Waals surface area contributed by atoms with Gasteiger partial charge < -0.3 is 14.2 Å². The minimum atomic E-state index is 0.267. The van der Waals surface area contributed by atoms with E-state index < -0.39 is 0 Å². The van der Waals surface area contributed by atoms with Crippen LogP contribution in [0.4, 0.5) is 5.82 Å². The number of hydrogen-bond acceptors (Lipinski definition) is 5. The van der Waals surface area contributed by atoms with Gasteiger partial charge in [-0.2, -0.15) is 9.97 Å². The van der Waals surface area contributed by atoms with Crippen LogP contribution in [0, 0.1) is 6.92 Å². The van der Waals surface area contributed by atoms with Gasteiger partial charge in [0, 0.05) is 19.6 Å². The number of rotatable bonds is 2. The Morgan fingerprint density at radius 2 is 1.81 bits per heavy atom. The van der Waals surface area contributed by atoms with Crippen LogP contribution in [0.25, 0.3) is 11.2 Å². The Bertz CT molecular complexity index is 607. The Morgan fingerprint density at radius 3 is 2.43 bits per heavy atom. The lowest BCUT2D eigenvalue weighted by Gasteiger charge is -2.27. The van der Waals surface area contributed by atoms with Crippen LogP contribution in [0.5, 0.6) is 0 Å². The highest BCUT2D eigenvalue weighted by molar-refractivity contribution is 6.28. The van der Waals surface area contributed by atoms with Crippen LogP contribution in [0.15, 0.2) is 0 Å². The molecule has 1 aliphatic rings. The number of anilines is 1. The van der Waals surface area contributed by atoms with Crippen molar-refractivity contribution in [2.24, 2.45) is 0 Å². The van der Waals surface area contributed by atoms with E-state index in [4.69, 9.17) is 16.3 Å². The minimum absolute atomic E-state index is 0.267. The Hall–Kier alpha value is -1.40. The number of aryl methyl sites for hydroxylation is 2. The Labute approximate surface area is 130 Å². The Kier molecular flexibility index (Phi) is 5.36. The van der Waals surface area contributed by atoms with Gasteiger partial charge in [-0.05, 0) is 25.4 Å². The number of imidazole rings is 1. The summed E-state index contributed by atoms with van der Waals surface area (Å²) >= 11 is 6.06. The summed E-state index contributed by atoms with van der Waals surface area (Å²) in [6.45, 7) is 11.9. The van der Waals surface area contributed by atoms with Gasteiger partial charge in [0.25, 0.3) is 0 Å². The number of hydrogen-bond donors (Lipinski definition) is 0. The van der Waals surface area contributed by atoms with Crippen LogP contribution in [-0.4, -0.2) is 45.8 Å². The first-order chi connectivity index (χ1) is 10.2. The van der Waals surface area contributed by atoms with E-state index in [1.54, 1.807) is 0 Å². The van der Waals surface area contributed by atoms with E-state index in [1.165, 1.54) is 0 Å². The van der Waals surface area contributed by atoms with Crippen LogP contribution in [0.2, 0.25) is 5.28 Å². The molecule has 0 N–H and O–H groups in total. The molecular weight excluding hydrogens is 290 g/mol. The summed E-state index contributed by atoms with van der Waals surface area (Å²) in [6.07, 6.45) is 0. The van der Waals surface area contributed by atoms with Gasteiger partial charge >= 0.3 is 0 Å². The van der Waals surface area contributed by atoms with Crippen molar-refractivity contribution < 1.29 is 4.74 Å². The molecule has 0 spiro atoms. The van der Waals surface area contributed by atoms with Crippen molar-refractivity contribution in [1.29, 1.82) is 0 Å². The average Bonchev–Trinajstić information content (AvgIpc) is 2.84. The van der Waals surface area contributed by atoms with Crippen LogP contribution < -0.4 is 4.90 Å². The van der Waals surface area contributed by atoms with Crippen LogP contribution >= 0.6 is 11.6 Å². The summed E-state index contributed by atoms with van der Waals surface area (Å²) in [5.74, 6) is 1.75. The van der Waals surface area contributed by atoms with E-state index in [1.807, 2.05) is 25.3 Å². The van der Waals surface area contributed by atoms with Gasteiger partial charge in [0.2, 0.25) is 5.28 Å². The Morgan fingerprint density at radius 1 is 1.14 bits per heavy atom. The SMILES string of the molecule is CC.CCn1c(C)nc2c(N3CCOCC3)nc(Cl)nc21. The van der Waals surface area contributed by atoms with Crippen molar-refractivity contribution in [3.63, 3.8) is 0 Å². The standard InChI is InChI=1S/C12H16ClN5O.C2H6/c1-3-18-8(2)14-9-10(15-12(13)16-11(9)18)17-4-6-19-7-5-17;1-2/h3-7H2,1-2H3;1-2H3. The van der Waals surface area contributed by atoms with Gasteiger partial charge in [-0.15, -0.1) is 0 Å². The molecule has 6 nitrogen and oxygen atoms in total. The lowest BCUT2D eigenvalue weighted by atomic mass is 10.4. The second-order valence-corrected chi connectivity index (χ2v) is 4.83. The molecule has 1 saturated heterocycles. The van der Waals surface area contributed by atoms with Gasteiger partial charge in [0.1, 0.15) is 5.82 Å². The third-order valence-electron chi connectivity index (χ3n) is 3.37. The second-order valence-electron chi connectivity index (χ2n) is 4.49. The second kappa shape index (κ2) is 7.04. The molecular formula is C14H22ClN5O. The summed E-state index contributed by atoms with van der Waals surface area (Å²) in [7, 11) is 0. The van der Waals surface area contributed by atoms with Crippen molar-refractivity contribution in [2.45, 2.75) is 34.2 Å². The normalized spacial score (nSPS) is 15.0. The molecule has 0 saturated carbocycles. The summed E-state index contributed by atoms with van der Waals surface area (Å²) in [4.78, 5) is 15.4. The summed E-state index contributed by atoms with van der Waals surface area (Å²) < 4.78 is 7.42. The van der Waals surface area contributed by atoms with E-state index in [0.29, 0.717) is 13.2 Å². The van der Waals surface area contributed by atoms with Crippen molar-refractivity contribution in [2.75, 3.05) is 31.2 Å². The minimum Gasteiger partial charge on any atom is -0.378 e. The number of halogens is 1. The molecule has 0 unspecified atom stereocenters. The fourth-order valence-electron chi connectivity index (χ4n) is 2.44. The molecule has 1 fully saturated rings. The topological polar surface area (TPSA) is 56.1 Å². The molecule has 0 amide bonds. The quantitative estimate of drug-likeness (QED) is 0.798. The lowest BCUT2D eigenvalue weighted by molar-refractivity contribution is 0.122. The monoisotopic (exact) mass is 311 g/mol. The van der Waals surface area contributed by atoms with Crippen LogP contribution in [0.1, 0.15) is 26.6 Å². The van der Waals surface area contributed by atoms with Gasteiger partial charge in [-0.3, -0.25) is 0 Å². The highest BCUT2D eigenvalue weighted by Gasteiger charge is 2.20. The van der Waals surface area contributed by atoms with Crippen molar-refractivity contribution in [3.8, 4) is 0 Å². The van der Waals surface area contributed by atoms with E-state index in [0.717, 1.165) is 42.4 Å². The molecule has 21 heavy (non-hydrogen) atoms. The molecule has 7 heteroatoms. The van der Waals surface area contributed by atoms with E-state index >= 15 is 0 Å². The summed E-state index contributed by atoms with van der Waals surface area (Å²) in [5.41, 5.74) is 1.63. The molecule has 3 rings (SSSR count). The zero-order valence-corrected chi connectivity index (χ0v) is 13.8. The van der Waals surface area contributed by atoms with E-state index in [-0.39, 0.29) is 5.28 Å². The molecule has 2 aromatic rings. The number of nitrogens with zero attached hydrogens (tertiary/aromatic N) is 5. The largest absolute Gasteiger partial charge is 0.378 e. The molecule has 0 radical (unpaired) electrons. The molecule has 0 bridgehead atoms. The number of aromatic nitrogens is 4. The first-order valence-corrected chi connectivity index (χ1v) is 7.81. The fraction of sp³-hybridized carbons (Fsp3) is 0.643. The molecule has 0 aromatic carbocycles. The molecule has 0 aliphatic carbocycles. The summed E-state index contributed by atoms with van der Waals surface area (Å²) in [6, 6.07) is 0. The Balaban J connectivity index is 0.000000774. The highest BCUT2D eigenvalue weighted by Crippen LogP contribution is 2.26. The average molecular weight is 312 g/mol. The number of morpholine rings is 1. The third-order valence-corrected chi connectivity index (χ3v) is 3.54. The zero-order chi connectivity index (χ0) is 15.4. The van der Waals surface area contributed by atoms with Crippen LogP contribution in [-0.2, 0) is 11.3 Å². The lowest BCUT2D eigenvalue weighted by Crippen LogP contribution is -2.37. The van der Waals surface area contributed by atoms with Crippen molar-refractivity contribution in [3.05, 3.63) is 11.1 Å². The van der Waals surface area contributed by atoms with E-state index in [2.05, 4.69) is 26.8 Å². The first kappa shape index (κ1) is 16.0. The maximum atomic E-state index is 6.06. The molecule has 1 aliphatic heterocycles. The van der Waals surface area contributed by atoms with Gasteiger partial charge in [-0.25, -0.2) is 4.98 Å². The third kappa shape index (κ3) is 3.11. The molecule has 3 heterocycles. The summed E-state index contributed by atoms with van der Waals surface area (Å²) in [5, 5.41) is 0.267. The predicted octanol–water partition coefficient (Wildman–Crippen LogP) is 2.67. The number of fused-ring (bicyclic) bond motifs is 1. The van der Waals surface area contributed by atoms with Gasteiger partial charge in [0.05, 0.1) is 13.2 Å². The zero-order valence-electron chi connectivity index (χ0n) is 13.1. The molecule has 2 aromatic heterocycles. The predicted molar refractivity (Wildman–Crippen MR) is 85.1 cm³/mol. The van der Waals surface area contributed by atoms with Crippen LogP contribution in [0.3, 0.4) is 0 Å².